The summed E-state index contributed by atoms with van der Waals surface area (Å²) in [5.74, 6) is 0.720. The summed E-state index contributed by atoms with van der Waals surface area (Å²) in [6, 6.07) is 8.03. The standard InChI is InChI=1S/C16H25NO3/c1-4-9-17(13-16(18)19-3)10-6-11-20-15-8-5-7-14(2)12-15/h5,7-8,12H,4,6,9-11,13H2,1-3H3. The lowest BCUT2D eigenvalue weighted by Gasteiger charge is -2.20. The maximum Gasteiger partial charge on any atom is 0.319 e. The van der Waals surface area contributed by atoms with Crippen molar-refractivity contribution >= 4 is 5.97 Å². The number of hydrogen-bond donors (Lipinski definition) is 0. The van der Waals surface area contributed by atoms with Gasteiger partial charge in [-0.1, -0.05) is 19.1 Å². The normalized spacial score (nSPS) is 10.6. The van der Waals surface area contributed by atoms with Crippen molar-refractivity contribution in [1.29, 1.82) is 0 Å². The average Bonchev–Trinajstić information content (AvgIpc) is 2.43. The third kappa shape index (κ3) is 6.57. The smallest absolute Gasteiger partial charge is 0.319 e. The first-order valence-electron chi connectivity index (χ1n) is 7.14. The molecule has 0 radical (unpaired) electrons. The first kappa shape index (κ1) is 16.5. The van der Waals surface area contributed by atoms with Gasteiger partial charge >= 0.3 is 5.97 Å². The summed E-state index contributed by atoms with van der Waals surface area (Å²) in [5, 5.41) is 0. The van der Waals surface area contributed by atoms with Gasteiger partial charge in [0.15, 0.2) is 0 Å². The largest absolute Gasteiger partial charge is 0.494 e. The van der Waals surface area contributed by atoms with Crippen molar-refractivity contribution in [1.82, 2.24) is 4.90 Å². The molecule has 20 heavy (non-hydrogen) atoms. The first-order valence-corrected chi connectivity index (χ1v) is 7.14. The van der Waals surface area contributed by atoms with Crippen LogP contribution in [0.2, 0.25) is 0 Å². The molecule has 4 heteroatoms. The third-order valence-electron chi connectivity index (χ3n) is 3.00. The minimum absolute atomic E-state index is 0.182. The van der Waals surface area contributed by atoms with Gasteiger partial charge in [-0.15, -0.1) is 0 Å². The Morgan fingerprint density at radius 3 is 2.75 bits per heavy atom. The van der Waals surface area contributed by atoms with Crippen molar-refractivity contribution in [3.63, 3.8) is 0 Å². The number of rotatable bonds is 9. The number of ether oxygens (including phenoxy) is 2. The second kappa shape index (κ2) is 9.37. The second-order valence-corrected chi connectivity index (χ2v) is 4.87. The van der Waals surface area contributed by atoms with Crippen LogP contribution in [0.15, 0.2) is 24.3 Å². The van der Waals surface area contributed by atoms with Crippen LogP contribution in [0.5, 0.6) is 5.75 Å². The molecule has 0 amide bonds. The summed E-state index contributed by atoms with van der Waals surface area (Å²) in [5.41, 5.74) is 1.20. The van der Waals surface area contributed by atoms with Gasteiger partial charge in [0.25, 0.3) is 0 Å². The van der Waals surface area contributed by atoms with Crippen LogP contribution in [-0.2, 0) is 9.53 Å². The van der Waals surface area contributed by atoms with Crippen molar-refractivity contribution in [2.24, 2.45) is 0 Å². The number of carbonyl (C=O) groups excluding carboxylic acids is 1. The van der Waals surface area contributed by atoms with Crippen LogP contribution in [-0.4, -0.2) is 44.2 Å². The molecule has 1 rings (SSSR count). The minimum Gasteiger partial charge on any atom is -0.494 e. The number of hydrogen-bond acceptors (Lipinski definition) is 4. The van der Waals surface area contributed by atoms with Gasteiger partial charge in [0.05, 0.1) is 20.3 Å². The molecular formula is C16H25NO3. The molecule has 0 unspecified atom stereocenters. The molecule has 0 aliphatic carbocycles. The van der Waals surface area contributed by atoms with Crippen molar-refractivity contribution < 1.29 is 14.3 Å². The van der Waals surface area contributed by atoms with Crippen molar-refractivity contribution in [2.75, 3.05) is 33.4 Å². The number of carbonyl (C=O) groups is 1. The molecule has 112 valence electrons. The summed E-state index contributed by atoms with van der Waals surface area (Å²) < 4.78 is 10.4. The zero-order chi connectivity index (χ0) is 14.8. The molecule has 0 atom stereocenters. The van der Waals surface area contributed by atoms with Crippen LogP contribution < -0.4 is 4.74 Å². The lowest BCUT2D eigenvalue weighted by molar-refractivity contribution is -0.141. The van der Waals surface area contributed by atoms with E-state index in [2.05, 4.69) is 11.8 Å². The highest BCUT2D eigenvalue weighted by Gasteiger charge is 2.09. The number of benzene rings is 1. The van der Waals surface area contributed by atoms with Crippen molar-refractivity contribution in [3.8, 4) is 5.75 Å². The fourth-order valence-electron chi connectivity index (χ4n) is 2.02. The molecule has 0 aliphatic rings. The maximum atomic E-state index is 11.3. The Bertz CT molecular complexity index is 406. The van der Waals surface area contributed by atoms with Gasteiger partial charge in [0, 0.05) is 6.54 Å². The molecule has 0 N–H and O–H groups in total. The summed E-state index contributed by atoms with van der Waals surface area (Å²) in [6.07, 6.45) is 1.92. The number of methoxy groups -OCH3 is 1. The van der Waals surface area contributed by atoms with Gasteiger partial charge in [-0.2, -0.15) is 0 Å². The molecule has 0 spiro atoms. The quantitative estimate of drug-likeness (QED) is 0.514. The van der Waals surface area contributed by atoms with Gasteiger partial charge in [-0.3, -0.25) is 9.69 Å². The Kier molecular flexibility index (Phi) is 7.73. The Morgan fingerprint density at radius 1 is 1.30 bits per heavy atom. The van der Waals surface area contributed by atoms with E-state index in [-0.39, 0.29) is 5.97 Å². The highest BCUT2D eigenvalue weighted by Crippen LogP contribution is 2.12. The molecule has 0 saturated heterocycles. The second-order valence-electron chi connectivity index (χ2n) is 4.87. The van der Waals surface area contributed by atoms with Gasteiger partial charge in [0.2, 0.25) is 0 Å². The first-order chi connectivity index (χ1) is 9.65. The monoisotopic (exact) mass is 279 g/mol. The molecular weight excluding hydrogens is 254 g/mol. The molecule has 0 aliphatic heterocycles. The SMILES string of the molecule is CCCN(CCCOc1cccc(C)c1)CC(=O)OC. The van der Waals surface area contributed by atoms with E-state index >= 15 is 0 Å². The highest BCUT2D eigenvalue weighted by molar-refractivity contribution is 5.71. The Labute approximate surface area is 121 Å². The van der Waals surface area contributed by atoms with E-state index < -0.39 is 0 Å². The van der Waals surface area contributed by atoms with Gasteiger partial charge in [0.1, 0.15) is 5.75 Å². The molecule has 1 aromatic carbocycles. The molecule has 1 aromatic rings. The molecule has 0 fully saturated rings. The van der Waals surface area contributed by atoms with Crippen molar-refractivity contribution in [3.05, 3.63) is 29.8 Å². The fourth-order valence-corrected chi connectivity index (χ4v) is 2.02. The molecule has 0 heterocycles. The van der Waals surface area contributed by atoms with E-state index in [4.69, 9.17) is 9.47 Å². The zero-order valence-electron chi connectivity index (χ0n) is 12.7. The average molecular weight is 279 g/mol. The lowest BCUT2D eigenvalue weighted by Crippen LogP contribution is -2.32. The van der Waals surface area contributed by atoms with Crippen LogP contribution in [0, 0.1) is 6.92 Å². The van der Waals surface area contributed by atoms with Crippen LogP contribution in [0.3, 0.4) is 0 Å². The van der Waals surface area contributed by atoms with E-state index in [0.29, 0.717) is 13.2 Å². The number of aryl methyl sites for hydroxylation is 1. The number of esters is 1. The molecule has 0 saturated carbocycles. The summed E-state index contributed by atoms with van der Waals surface area (Å²) in [4.78, 5) is 13.4. The predicted octanol–water partition coefficient (Wildman–Crippen LogP) is 2.65. The Morgan fingerprint density at radius 2 is 2.10 bits per heavy atom. The van der Waals surface area contributed by atoms with Crippen LogP contribution in [0.1, 0.15) is 25.3 Å². The fraction of sp³-hybridized carbons (Fsp3) is 0.562. The number of nitrogens with zero attached hydrogens (tertiary/aromatic N) is 1. The van der Waals surface area contributed by atoms with E-state index in [9.17, 15) is 4.79 Å². The molecule has 0 aromatic heterocycles. The van der Waals surface area contributed by atoms with E-state index in [1.807, 2.05) is 31.2 Å². The summed E-state index contributed by atoms with van der Waals surface area (Å²) in [7, 11) is 1.42. The summed E-state index contributed by atoms with van der Waals surface area (Å²) in [6.45, 7) is 6.91. The summed E-state index contributed by atoms with van der Waals surface area (Å²) >= 11 is 0. The van der Waals surface area contributed by atoms with Crippen LogP contribution in [0.25, 0.3) is 0 Å². The Balaban J connectivity index is 2.27. The Hall–Kier alpha value is -1.55. The minimum atomic E-state index is -0.182. The van der Waals surface area contributed by atoms with Crippen LogP contribution in [0.4, 0.5) is 0 Å². The predicted molar refractivity (Wildman–Crippen MR) is 80.0 cm³/mol. The topological polar surface area (TPSA) is 38.8 Å². The van der Waals surface area contributed by atoms with Crippen LogP contribution >= 0.6 is 0 Å². The molecule has 0 bridgehead atoms. The van der Waals surface area contributed by atoms with Crippen molar-refractivity contribution in [2.45, 2.75) is 26.7 Å². The lowest BCUT2D eigenvalue weighted by atomic mass is 10.2. The van der Waals surface area contributed by atoms with E-state index in [1.165, 1.54) is 12.7 Å². The maximum absolute atomic E-state index is 11.3. The van der Waals surface area contributed by atoms with Gasteiger partial charge < -0.3 is 9.47 Å². The van der Waals surface area contributed by atoms with E-state index in [0.717, 1.165) is 31.7 Å². The molecule has 4 nitrogen and oxygen atoms in total. The third-order valence-corrected chi connectivity index (χ3v) is 3.00. The van der Waals surface area contributed by atoms with Gasteiger partial charge in [-0.05, 0) is 44.0 Å². The van der Waals surface area contributed by atoms with Gasteiger partial charge in [-0.25, -0.2) is 0 Å². The van der Waals surface area contributed by atoms with E-state index in [1.54, 1.807) is 0 Å². The highest BCUT2D eigenvalue weighted by atomic mass is 16.5. The zero-order valence-corrected chi connectivity index (χ0v) is 12.7.